The average molecular weight is 571 g/mol. The lowest BCUT2D eigenvalue weighted by molar-refractivity contribution is 0.0601. The molecule has 2 aromatic heterocycles. The van der Waals surface area contributed by atoms with Crippen LogP contribution < -0.4 is 10.1 Å². The van der Waals surface area contributed by atoms with Crippen LogP contribution in [0.15, 0.2) is 61.1 Å². The van der Waals surface area contributed by atoms with E-state index in [9.17, 15) is 4.79 Å². The number of carbonyl (C=O) groups is 1. The maximum atomic E-state index is 13.5. The smallest absolute Gasteiger partial charge is 0.252 e. The van der Waals surface area contributed by atoms with Crippen molar-refractivity contribution in [2.75, 3.05) is 40.5 Å². The Hall–Kier alpha value is -3.95. The van der Waals surface area contributed by atoms with E-state index in [1.165, 1.54) is 0 Å². The van der Waals surface area contributed by atoms with Gasteiger partial charge in [0, 0.05) is 62.4 Å². The van der Waals surface area contributed by atoms with Gasteiger partial charge in [-0.3, -0.25) is 14.2 Å². The van der Waals surface area contributed by atoms with E-state index < -0.39 is 0 Å². The summed E-state index contributed by atoms with van der Waals surface area (Å²) in [7, 11) is 5.93. The van der Waals surface area contributed by atoms with Gasteiger partial charge < -0.3 is 19.7 Å². The van der Waals surface area contributed by atoms with Gasteiger partial charge in [-0.25, -0.2) is 0 Å². The molecule has 1 N–H and O–H groups in total. The molecule has 0 bridgehead atoms. The number of aromatic nitrogens is 4. The number of benzene rings is 2. The van der Waals surface area contributed by atoms with E-state index in [0.29, 0.717) is 23.8 Å². The van der Waals surface area contributed by atoms with Gasteiger partial charge in [-0.15, -0.1) is 0 Å². The van der Waals surface area contributed by atoms with Crippen LogP contribution in [0.3, 0.4) is 0 Å². The Labute approximate surface area is 248 Å². The van der Waals surface area contributed by atoms with Gasteiger partial charge in [0.1, 0.15) is 12.4 Å². The second kappa shape index (κ2) is 13.4. The molecule has 1 atom stereocenters. The van der Waals surface area contributed by atoms with Crippen molar-refractivity contribution in [1.82, 2.24) is 29.8 Å². The Balaban J connectivity index is 1.38. The predicted octanol–water partition coefficient (Wildman–Crippen LogP) is 5.12. The molecule has 0 aliphatic carbocycles. The van der Waals surface area contributed by atoms with E-state index in [0.717, 1.165) is 72.7 Å². The molecule has 1 amide bonds. The molecule has 0 spiro atoms. The lowest BCUT2D eigenvalue weighted by atomic mass is 9.96. The average Bonchev–Trinajstić information content (AvgIpc) is 3.63. The number of amides is 1. The number of hydrogen-bond acceptors (Lipinski definition) is 6. The molecule has 9 nitrogen and oxygen atoms in total. The minimum atomic E-state index is -0.241. The molecule has 0 radical (unpaired) electrons. The van der Waals surface area contributed by atoms with Gasteiger partial charge in [0.05, 0.1) is 17.9 Å². The maximum absolute atomic E-state index is 13.5. The van der Waals surface area contributed by atoms with E-state index in [1.54, 1.807) is 4.68 Å². The summed E-state index contributed by atoms with van der Waals surface area (Å²) in [5.74, 6) is 1.14. The summed E-state index contributed by atoms with van der Waals surface area (Å²) in [5.41, 5.74) is 6.47. The summed E-state index contributed by atoms with van der Waals surface area (Å²) < 4.78 is 15.3. The minimum Gasteiger partial charge on any atom is -0.492 e. The zero-order valence-corrected chi connectivity index (χ0v) is 25.3. The van der Waals surface area contributed by atoms with Crippen LogP contribution in [0.1, 0.15) is 47.3 Å². The van der Waals surface area contributed by atoms with Crippen LogP contribution in [-0.4, -0.2) is 70.8 Å². The molecule has 3 heterocycles. The highest BCUT2D eigenvalue weighted by Gasteiger charge is 2.19. The topological polar surface area (TPSA) is 86.4 Å². The van der Waals surface area contributed by atoms with Crippen molar-refractivity contribution in [2.45, 2.75) is 39.3 Å². The Kier molecular flexibility index (Phi) is 9.39. The zero-order valence-electron chi connectivity index (χ0n) is 25.3. The monoisotopic (exact) mass is 570 g/mol. The van der Waals surface area contributed by atoms with Crippen molar-refractivity contribution in [1.29, 1.82) is 0 Å². The highest BCUT2D eigenvalue weighted by molar-refractivity contribution is 5.96. The lowest BCUT2D eigenvalue weighted by Crippen LogP contribution is -2.27. The number of rotatable bonds is 11. The summed E-state index contributed by atoms with van der Waals surface area (Å²) >= 11 is 0. The number of ether oxygens (including phenoxy) is 2. The number of nitrogens with one attached hydrogen (secondary N) is 1. The second-order valence-electron chi connectivity index (χ2n) is 11.5. The Morgan fingerprint density at radius 1 is 1.12 bits per heavy atom. The van der Waals surface area contributed by atoms with Crippen molar-refractivity contribution >= 4 is 5.91 Å². The van der Waals surface area contributed by atoms with Crippen LogP contribution in [0.4, 0.5) is 0 Å². The molecule has 1 aliphatic rings. The molecule has 5 rings (SSSR count). The molecular formula is C33H42N6O3. The Bertz CT molecular complexity index is 1500. The fourth-order valence-electron chi connectivity index (χ4n) is 5.23. The largest absolute Gasteiger partial charge is 0.492 e. The highest BCUT2D eigenvalue weighted by atomic mass is 16.5. The van der Waals surface area contributed by atoms with Gasteiger partial charge in [0.2, 0.25) is 0 Å². The second-order valence-corrected chi connectivity index (χ2v) is 11.5. The van der Waals surface area contributed by atoms with Crippen LogP contribution in [0, 0.1) is 12.8 Å². The number of hydrogen-bond donors (Lipinski definition) is 1. The number of aryl methyl sites for hydroxylation is 2. The lowest BCUT2D eigenvalue weighted by Gasteiger charge is -2.21. The molecule has 9 heteroatoms. The SMILES string of the molecule is Cc1ccc(OCCN(C)C)cc1C(=O)N[C@H](C)c1cc(-c2cnn(CC3CCOCC3)c2)cc(-c2ccn(C)n2)c1. The van der Waals surface area contributed by atoms with Gasteiger partial charge in [0.25, 0.3) is 5.91 Å². The predicted molar refractivity (Wildman–Crippen MR) is 165 cm³/mol. The van der Waals surface area contributed by atoms with Gasteiger partial charge >= 0.3 is 0 Å². The van der Waals surface area contributed by atoms with Crippen LogP contribution in [0.25, 0.3) is 22.4 Å². The molecule has 4 aromatic rings. The third-order valence-electron chi connectivity index (χ3n) is 7.83. The van der Waals surface area contributed by atoms with Crippen LogP contribution in [0.5, 0.6) is 5.75 Å². The highest BCUT2D eigenvalue weighted by Crippen LogP contribution is 2.31. The molecule has 42 heavy (non-hydrogen) atoms. The van der Waals surface area contributed by atoms with E-state index in [2.05, 4.69) is 44.8 Å². The first-order valence-corrected chi connectivity index (χ1v) is 14.7. The fourth-order valence-corrected chi connectivity index (χ4v) is 5.23. The first-order valence-electron chi connectivity index (χ1n) is 14.7. The summed E-state index contributed by atoms with van der Waals surface area (Å²) in [5, 5.41) is 12.5. The van der Waals surface area contributed by atoms with E-state index >= 15 is 0 Å². The Morgan fingerprint density at radius 3 is 2.64 bits per heavy atom. The van der Waals surface area contributed by atoms with Crippen molar-refractivity contribution in [3.05, 3.63) is 77.7 Å². The van der Waals surface area contributed by atoms with Crippen LogP contribution in [0.2, 0.25) is 0 Å². The van der Waals surface area contributed by atoms with Crippen molar-refractivity contribution in [3.63, 3.8) is 0 Å². The summed E-state index contributed by atoms with van der Waals surface area (Å²) in [4.78, 5) is 15.5. The number of likely N-dealkylation sites (N-methyl/N-ethyl adjacent to an activating group) is 1. The molecule has 1 fully saturated rings. The van der Waals surface area contributed by atoms with Crippen molar-refractivity contribution in [3.8, 4) is 28.1 Å². The zero-order chi connectivity index (χ0) is 29.6. The first-order chi connectivity index (χ1) is 20.2. The Morgan fingerprint density at radius 2 is 1.90 bits per heavy atom. The molecule has 222 valence electrons. The van der Waals surface area contributed by atoms with Gasteiger partial charge in [0.15, 0.2) is 0 Å². The number of carbonyl (C=O) groups excluding carboxylic acids is 1. The normalized spacial score (nSPS) is 14.7. The molecule has 1 aliphatic heterocycles. The van der Waals surface area contributed by atoms with Gasteiger partial charge in [-0.05, 0) is 99.8 Å². The molecule has 0 saturated carbocycles. The first kappa shape index (κ1) is 29.5. The maximum Gasteiger partial charge on any atom is 0.252 e. The molecule has 2 aromatic carbocycles. The van der Waals surface area contributed by atoms with Crippen LogP contribution in [-0.2, 0) is 18.3 Å². The quantitative estimate of drug-likeness (QED) is 0.270. The molecule has 0 unspecified atom stereocenters. The minimum absolute atomic E-state index is 0.132. The van der Waals surface area contributed by atoms with Crippen LogP contribution >= 0.6 is 0 Å². The van der Waals surface area contributed by atoms with Gasteiger partial charge in [-0.1, -0.05) is 6.07 Å². The standard InChI is InChI=1S/C33H42N6O3/c1-23-6-7-30(42-15-12-37(3)4)19-31(23)33(40)35-24(2)26-16-27(18-28(17-26)32-8-11-38(5)36-32)29-20-34-39(22-29)21-25-9-13-41-14-10-25/h6-8,11,16-20,22,24-25H,9-10,12-15,21H2,1-5H3,(H,35,40)/t24-/m1/s1. The molecular weight excluding hydrogens is 528 g/mol. The third-order valence-corrected chi connectivity index (χ3v) is 7.83. The molecule has 1 saturated heterocycles. The number of nitrogens with zero attached hydrogens (tertiary/aromatic N) is 5. The van der Waals surface area contributed by atoms with Crippen molar-refractivity contribution in [2.24, 2.45) is 13.0 Å². The summed E-state index contributed by atoms with van der Waals surface area (Å²) in [6, 6.07) is 13.8. The third kappa shape index (κ3) is 7.46. The van der Waals surface area contributed by atoms with E-state index in [1.807, 2.05) is 76.3 Å². The summed E-state index contributed by atoms with van der Waals surface area (Å²) in [6.45, 7) is 7.86. The van der Waals surface area contributed by atoms with E-state index in [-0.39, 0.29) is 11.9 Å². The fraction of sp³-hybridized carbons (Fsp3) is 0.424. The van der Waals surface area contributed by atoms with Gasteiger partial charge in [-0.2, -0.15) is 10.2 Å². The summed E-state index contributed by atoms with van der Waals surface area (Å²) in [6.07, 6.45) is 8.11. The van der Waals surface area contributed by atoms with Crippen molar-refractivity contribution < 1.29 is 14.3 Å². The van der Waals surface area contributed by atoms with E-state index in [4.69, 9.17) is 9.47 Å².